The van der Waals surface area contributed by atoms with Gasteiger partial charge in [0.25, 0.3) is 5.17 Å². The van der Waals surface area contributed by atoms with Gasteiger partial charge in [0.1, 0.15) is 28.6 Å². The third kappa shape index (κ3) is 7.02. The summed E-state index contributed by atoms with van der Waals surface area (Å²) in [5, 5.41) is 3.29. The molecule has 0 saturated heterocycles. The van der Waals surface area contributed by atoms with E-state index in [1.807, 2.05) is 78.7 Å². The predicted octanol–water partition coefficient (Wildman–Crippen LogP) is 8.43. The molecule has 0 radical (unpaired) electrons. The Morgan fingerprint density at radius 2 is 1.44 bits per heavy atom. The van der Waals surface area contributed by atoms with Gasteiger partial charge < -0.3 is 23.5 Å². The van der Waals surface area contributed by atoms with Crippen LogP contribution in [0.2, 0.25) is 0 Å². The molecule has 43 heavy (non-hydrogen) atoms. The van der Waals surface area contributed by atoms with E-state index in [0.717, 1.165) is 22.4 Å². The van der Waals surface area contributed by atoms with Crippen LogP contribution in [0.1, 0.15) is 5.56 Å². The van der Waals surface area contributed by atoms with Gasteiger partial charge in [-0.25, -0.2) is 0 Å². The lowest BCUT2D eigenvalue weighted by Crippen LogP contribution is -2.29. The summed E-state index contributed by atoms with van der Waals surface area (Å²) in [6.45, 7) is 2.06. The third-order valence-corrected chi connectivity index (χ3v) is 7.24. The largest absolute Gasteiger partial charge is 0.497 e. The molecule has 7 heteroatoms. The maximum atomic E-state index is 12.2. The van der Waals surface area contributed by atoms with Gasteiger partial charge in [0, 0.05) is 30.4 Å². The van der Waals surface area contributed by atoms with Crippen LogP contribution in [0.15, 0.2) is 124 Å². The molecule has 0 atom stereocenters. The lowest BCUT2D eigenvalue weighted by Gasteiger charge is -2.20. The highest BCUT2D eigenvalue weighted by Gasteiger charge is 2.11. The smallest absolute Gasteiger partial charge is 0.269 e. The first kappa shape index (κ1) is 29.4. The molecule has 5 aromatic carbocycles. The number of anilines is 1. The zero-order chi connectivity index (χ0) is 30.3. The van der Waals surface area contributed by atoms with Gasteiger partial charge in [0.15, 0.2) is 5.43 Å². The Morgan fingerprint density at radius 1 is 0.721 bits per heavy atom. The Bertz CT molecular complexity index is 1970. The van der Waals surface area contributed by atoms with Crippen LogP contribution in [0.5, 0.6) is 17.2 Å². The zero-order valence-electron chi connectivity index (χ0n) is 24.4. The Morgan fingerprint density at radius 3 is 2.21 bits per heavy atom. The molecule has 0 aliphatic heterocycles. The second kappa shape index (κ2) is 13.2. The summed E-state index contributed by atoms with van der Waals surface area (Å²) < 4.78 is 22.0. The van der Waals surface area contributed by atoms with Crippen molar-refractivity contribution in [1.29, 1.82) is 0 Å². The Labute approximate surface area is 255 Å². The molecule has 0 aliphatic carbocycles. The molecular weight excluding hydrogens is 558 g/mol. The van der Waals surface area contributed by atoms with Crippen LogP contribution in [0.25, 0.3) is 33.1 Å². The minimum absolute atomic E-state index is 0.0864. The summed E-state index contributed by atoms with van der Waals surface area (Å²) >= 11 is 5.41. The Hall–Kier alpha value is -5.14. The van der Waals surface area contributed by atoms with Crippen LogP contribution < -0.4 is 24.5 Å². The van der Waals surface area contributed by atoms with Gasteiger partial charge in [-0.1, -0.05) is 54.6 Å². The first-order chi connectivity index (χ1) is 20.8. The molecule has 0 aliphatic rings. The summed E-state index contributed by atoms with van der Waals surface area (Å²) in [5.41, 5.74) is 3.41. The molecule has 0 fully saturated rings. The van der Waals surface area contributed by atoms with Crippen molar-refractivity contribution < 1.29 is 18.6 Å². The number of hydrogen-bond donors (Lipinski definition) is 0. The van der Waals surface area contributed by atoms with E-state index in [1.54, 1.807) is 32.4 Å². The average Bonchev–Trinajstić information content (AvgIpc) is 3.04. The van der Waals surface area contributed by atoms with Gasteiger partial charge in [-0.2, -0.15) is 0 Å². The number of aryl methyl sites for hydroxylation is 1. The van der Waals surface area contributed by atoms with Gasteiger partial charge in [0.05, 0.1) is 19.6 Å². The molecule has 0 amide bonds. The lowest BCUT2D eigenvalue weighted by atomic mass is 10.1. The minimum Gasteiger partial charge on any atom is -0.497 e. The molecule has 0 saturated carbocycles. The number of ether oxygens (including phenoxy) is 3. The van der Waals surface area contributed by atoms with E-state index in [0.29, 0.717) is 33.4 Å². The number of hydrogen-bond acceptors (Lipinski definition) is 6. The summed E-state index contributed by atoms with van der Waals surface area (Å²) in [4.78, 5) is 14.1. The fourth-order valence-corrected chi connectivity index (χ4v) is 4.72. The fraction of sp³-hybridized carbons (Fsp3) is 0.111. The fourth-order valence-electron chi connectivity index (χ4n) is 4.52. The first-order valence-corrected chi connectivity index (χ1v) is 14.0. The molecule has 216 valence electrons. The summed E-state index contributed by atoms with van der Waals surface area (Å²) in [5.74, 6) is 2.61. The van der Waals surface area contributed by atoms with Gasteiger partial charge in [-0.3, -0.25) is 4.79 Å². The topological polar surface area (TPSA) is 61.1 Å². The van der Waals surface area contributed by atoms with E-state index in [2.05, 4.69) is 31.2 Å². The van der Waals surface area contributed by atoms with Crippen LogP contribution in [0.4, 0.5) is 5.69 Å². The molecule has 0 N–H and O–H groups in total. The van der Waals surface area contributed by atoms with Crippen molar-refractivity contribution in [2.24, 2.45) is 0 Å². The van der Waals surface area contributed by atoms with E-state index < -0.39 is 0 Å². The summed E-state index contributed by atoms with van der Waals surface area (Å²) in [6, 6.07) is 36.4. The number of rotatable bonds is 5. The molecular formula is C36H31NO5S. The maximum absolute atomic E-state index is 12.2. The van der Waals surface area contributed by atoms with Crippen molar-refractivity contribution >= 4 is 44.8 Å². The quantitative estimate of drug-likeness (QED) is 0.187. The molecule has 1 aromatic heterocycles. The van der Waals surface area contributed by atoms with Crippen molar-refractivity contribution in [3.63, 3.8) is 0 Å². The maximum Gasteiger partial charge on any atom is 0.269 e. The second-order valence-electron chi connectivity index (χ2n) is 9.84. The van der Waals surface area contributed by atoms with Gasteiger partial charge in [-0.05, 0) is 84.0 Å². The first-order valence-electron chi connectivity index (χ1n) is 13.6. The summed E-state index contributed by atoms with van der Waals surface area (Å²) in [7, 11) is 5.09. The molecule has 6 aromatic rings. The van der Waals surface area contributed by atoms with Crippen LogP contribution in [-0.2, 0) is 0 Å². The van der Waals surface area contributed by atoms with Crippen molar-refractivity contribution in [2.45, 2.75) is 6.92 Å². The van der Waals surface area contributed by atoms with Gasteiger partial charge >= 0.3 is 0 Å². The molecule has 1 heterocycles. The van der Waals surface area contributed by atoms with Crippen molar-refractivity contribution in [3.8, 4) is 28.6 Å². The average molecular weight is 590 g/mol. The highest BCUT2D eigenvalue weighted by molar-refractivity contribution is 7.80. The summed E-state index contributed by atoms with van der Waals surface area (Å²) in [6.07, 6.45) is 0. The van der Waals surface area contributed by atoms with Crippen LogP contribution in [0.3, 0.4) is 0 Å². The van der Waals surface area contributed by atoms with Crippen LogP contribution in [-0.4, -0.2) is 26.4 Å². The number of benzene rings is 5. The van der Waals surface area contributed by atoms with E-state index in [4.69, 9.17) is 30.8 Å². The Balaban J connectivity index is 0.000000171. The van der Waals surface area contributed by atoms with Crippen molar-refractivity contribution in [1.82, 2.24) is 0 Å². The molecule has 0 unspecified atom stereocenters. The van der Waals surface area contributed by atoms with Crippen molar-refractivity contribution in [2.75, 3.05) is 26.2 Å². The zero-order valence-corrected chi connectivity index (χ0v) is 25.2. The second-order valence-corrected chi connectivity index (χ2v) is 10.2. The van der Waals surface area contributed by atoms with Gasteiger partial charge in [-0.15, -0.1) is 0 Å². The normalized spacial score (nSPS) is 10.5. The Kier molecular flexibility index (Phi) is 9.03. The number of fused-ring (bicyclic) bond motifs is 2. The lowest BCUT2D eigenvalue weighted by molar-refractivity contribution is 0.414. The van der Waals surface area contributed by atoms with E-state index in [1.165, 1.54) is 17.0 Å². The highest BCUT2D eigenvalue weighted by atomic mass is 32.1. The van der Waals surface area contributed by atoms with E-state index in [-0.39, 0.29) is 5.43 Å². The molecule has 6 nitrogen and oxygen atoms in total. The third-order valence-electron chi connectivity index (χ3n) is 6.88. The number of methoxy groups -OCH3 is 2. The SMILES string of the molecule is COc1cccc(-c2cc(=O)c3ccc(OC)cc3o2)c1.Cc1cccc(N(C)C(=S)Oc2ccc3ccccc3c2)c1. The van der Waals surface area contributed by atoms with Crippen molar-refractivity contribution in [3.05, 3.63) is 131 Å². The van der Waals surface area contributed by atoms with Crippen LogP contribution >= 0.6 is 12.2 Å². The highest BCUT2D eigenvalue weighted by Crippen LogP contribution is 2.27. The monoisotopic (exact) mass is 589 g/mol. The predicted molar refractivity (Wildman–Crippen MR) is 178 cm³/mol. The van der Waals surface area contributed by atoms with E-state index in [9.17, 15) is 4.79 Å². The minimum atomic E-state index is -0.0864. The number of thiocarbonyl (C=S) groups is 1. The van der Waals surface area contributed by atoms with Gasteiger partial charge in [0.2, 0.25) is 0 Å². The number of nitrogens with zero attached hydrogens (tertiary/aromatic N) is 1. The molecule has 6 rings (SSSR count). The van der Waals surface area contributed by atoms with Crippen LogP contribution in [0, 0.1) is 6.92 Å². The standard InChI is InChI=1S/C19H17NOS.C17H14O4/c1-14-6-5-9-17(12-14)20(2)19(22)21-18-11-10-15-7-3-4-8-16(15)13-18;1-19-12-5-3-4-11(8-12)16-10-15(18)14-7-6-13(20-2)9-17(14)21-16/h3-13H,1-2H3;3-10H,1-2H3. The molecule has 0 spiro atoms. The molecule has 0 bridgehead atoms. The van der Waals surface area contributed by atoms with E-state index >= 15 is 0 Å².